The fraction of sp³-hybridized carbons (Fsp3) is 0.333. The first-order chi connectivity index (χ1) is 6.98. The van der Waals surface area contributed by atoms with Crippen LogP contribution in [0.4, 0.5) is 13.2 Å². The molecule has 1 aromatic carbocycles. The van der Waals surface area contributed by atoms with Crippen LogP contribution in [-0.2, 0) is 6.18 Å². The van der Waals surface area contributed by atoms with Crippen LogP contribution in [0.2, 0.25) is 0 Å². The van der Waals surface area contributed by atoms with Crippen molar-refractivity contribution in [2.45, 2.75) is 6.18 Å². The lowest BCUT2D eigenvalue weighted by atomic mass is 10.1. The molecule has 0 radical (unpaired) electrons. The first kappa shape index (κ1) is 9.95. The third-order valence-electron chi connectivity index (χ3n) is 1.97. The van der Waals surface area contributed by atoms with Crippen LogP contribution < -0.4 is 9.47 Å². The van der Waals surface area contributed by atoms with E-state index in [1.165, 1.54) is 0 Å². The lowest BCUT2D eigenvalue weighted by Crippen LogP contribution is -2.16. The molecule has 0 aliphatic carbocycles. The average molecular weight is 220 g/mol. The van der Waals surface area contributed by atoms with Crippen LogP contribution in [0.3, 0.4) is 0 Å². The maximum Gasteiger partial charge on any atom is 0.420 e. The van der Waals surface area contributed by atoms with Crippen molar-refractivity contribution in [2.75, 3.05) is 13.2 Å². The molecule has 0 bridgehead atoms. The Hall–Kier alpha value is -1.59. The predicted molar refractivity (Wildman–Crippen MR) is 44.1 cm³/mol. The quantitative estimate of drug-likeness (QED) is 0.728. The second-order valence-electron chi connectivity index (χ2n) is 3.01. The van der Waals surface area contributed by atoms with Gasteiger partial charge in [-0.3, -0.25) is 0 Å². The van der Waals surface area contributed by atoms with Gasteiger partial charge in [-0.25, -0.2) is 0 Å². The zero-order chi connectivity index (χ0) is 11.1. The van der Waals surface area contributed by atoms with Crippen LogP contribution in [0, 0.1) is 0 Å². The molecule has 15 heavy (non-hydrogen) atoms. The van der Waals surface area contributed by atoms with Gasteiger partial charge in [-0.2, -0.15) is 13.2 Å². The number of ether oxygens (including phenoxy) is 2. The standard InChI is InChI=1S/C9H7F3O3/c10-9(11,12)5-3-7-8(4-6(5)13)15-2-1-14-7/h3-4,13H,1-2H2. The van der Waals surface area contributed by atoms with E-state index in [0.29, 0.717) is 0 Å². The van der Waals surface area contributed by atoms with Crippen molar-refractivity contribution >= 4 is 0 Å². The fourth-order valence-corrected chi connectivity index (χ4v) is 1.31. The molecule has 1 aliphatic heterocycles. The molecule has 0 fully saturated rings. The van der Waals surface area contributed by atoms with Gasteiger partial charge in [-0.1, -0.05) is 0 Å². The zero-order valence-electron chi connectivity index (χ0n) is 7.47. The molecule has 0 spiro atoms. The molecule has 1 aromatic rings. The fourth-order valence-electron chi connectivity index (χ4n) is 1.31. The van der Waals surface area contributed by atoms with Crippen LogP contribution in [0.25, 0.3) is 0 Å². The van der Waals surface area contributed by atoms with Crippen molar-refractivity contribution in [1.82, 2.24) is 0 Å². The van der Waals surface area contributed by atoms with Crippen molar-refractivity contribution in [3.8, 4) is 17.2 Å². The van der Waals surface area contributed by atoms with Gasteiger partial charge in [0, 0.05) is 6.07 Å². The van der Waals surface area contributed by atoms with Gasteiger partial charge in [-0.15, -0.1) is 0 Å². The van der Waals surface area contributed by atoms with Gasteiger partial charge < -0.3 is 14.6 Å². The highest BCUT2D eigenvalue weighted by molar-refractivity contribution is 5.51. The summed E-state index contributed by atoms with van der Waals surface area (Å²) in [6.45, 7) is 0.465. The molecule has 0 atom stereocenters. The van der Waals surface area contributed by atoms with E-state index in [1.807, 2.05) is 0 Å². The third kappa shape index (κ3) is 1.79. The molecule has 6 heteroatoms. The van der Waals surface area contributed by atoms with Gasteiger partial charge in [-0.05, 0) is 6.07 Å². The molecule has 2 rings (SSSR count). The lowest BCUT2D eigenvalue weighted by molar-refractivity contribution is -0.138. The molecule has 1 aliphatic rings. The van der Waals surface area contributed by atoms with Gasteiger partial charge in [0.1, 0.15) is 24.5 Å². The van der Waals surface area contributed by atoms with Crippen molar-refractivity contribution in [3.63, 3.8) is 0 Å². The molecule has 1 N–H and O–H groups in total. The minimum atomic E-state index is -4.60. The third-order valence-corrected chi connectivity index (χ3v) is 1.97. The van der Waals surface area contributed by atoms with Crippen LogP contribution in [0.15, 0.2) is 12.1 Å². The molecular weight excluding hydrogens is 213 g/mol. The zero-order valence-corrected chi connectivity index (χ0v) is 7.47. The lowest BCUT2D eigenvalue weighted by Gasteiger charge is -2.20. The Kier molecular flexibility index (Phi) is 2.13. The Morgan fingerprint density at radius 1 is 1.07 bits per heavy atom. The molecule has 1 heterocycles. The van der Waals surface area contributed by atoms with E-state index in [-0.39, 0.29) is 24.7 Å². The highest BCUT2D eigenvalue weighted by atomic mass is 19.4. The van der Waals surface area contributed by atoms with Crippen LogP contribution in [0.5, 0.6) is 17.2 Å². The number of phenolic OH excluding ortho intramolecular Hbond substituents is 1. The summed E-state index contributed by atoms with van der Waals surface area (Å²) in [6, 6.07) is 1.65. The predicted octanol–water partition coefficient (Wildman–Crippen LogP) is 2.18. The van der Waals surface area contributed by atoms with Gasteiger partial charge in [0.15, 0.2) is 11.5 Å². The maximum absolute atomic E-state index is 12.4. The van der Waals surface area contributed by atoms with Gasteiger partial charge in [0.2, 0.25) is 0 Å². The van der Waals surface area contributed by atoms with Crippen LogP contribution in [-0.4, -0.2) is 18.3 Å². The van der Waals surface area contributed by atoms with Gasteiger partial charge in [0.25, 0.3) is 0 Å². The van der Waals surface area contributed by atoms with Crippen molar-refractivity contribution in [3.05, 3.63) is 17.7 Å². The SMILES string of the molecule is Oc1cc2c(cc1C(F)(F)F)OCCO2. The highest BCUT2D eigenvalue weighted by Crippen LogP contribution is 2.43. The number of fused-ring (bicyclic) bond motifs is 1. The smallest absolute Gasteiger partial charge is 0.420 e. The Bertz CT molecular complexity index is 387. The Labute approximate surface area is 83.0 Å². The number of rotatable bonds is 0. The minimum Gasteiger partial charge on any atom is -0.507 e. The van der Waals surface area contributed by atoms with Gasteiger partial charge >= 0.3 is 6.18 Å². The van der Waals surface area contributed by atoms with Crippen molar-refractivity contribution in [2.24, 2.45) is 0 Å². The second-order valence-corrected chi connectivity index (χ2v) is 3.01. The summed E-state index contributed by atoms with van der Waals surface area (Å²) in [7, 11) is 0. The summed E-state index contributed by atoms with van der Waals surface area (Å²) in [5.74, 6) is -0.718. The molecular formula is C9H7F3O3. The molecule has 0 amide bonds. The summed E-state index contributed by atoms with van der Waals surface area (Å²) in [5.41, 5.74) is -1.12. The first-order valence-electron chi connectivity index (χ1n) is 4.18. The Morgan fingerprint density at radius 3 is 2.13 bits per heavy atom. The molecule has 82 valence electrons. The van der Waals surface area contributed by atoms with E-state index >= 15 is 0 Å². The Morgan fingerprint density at radius 2 is 1.60 bits per heavy atom. The normalized spacial score (nSPS) is 15.1. The van der Waals surface area contributed by atoms with Gasteiger partial charge in [0.05, 0.1) is 0 Å². The number of benzene rings is 1. The van der Waals surface area contributed by atoms with E-state index in [0.717, 1.165) is 12.1 Å². The van der Waals surface area contributed by atoms with E-state index in [4.69, 9.17) is 14.6 Å². The maximum atomic E-state index is 12.4. The molecule has 0 saturated carbocycles. The summed E-state index contributed by atoms with van der Waals surface area (Å²) < 4.78 is 47.1. The average Bonchev–Trinajstić information content (AvgIpc) is 2.15. The largest absolute Gasteiger partial charge is 0.507 e. The number of halogens is 3. The highest BCUT2D eigenvalue weighted by Gasteiger charge is 2.35. The summed E-state index contributed by atoms with van der Waals surface area (Å²) in [5, 5.41) is 9.15. The monoisotopic (exact) mass is 220 g/mol. The van der Waals surface area contributed by atoms with Crippen molar-refractivity contribution < 1.29 is 27.8 Å². The number of hydrogen-bond donors (Lipinski definition) is 1. The molecule has 0 saturated heterocycles. The number of phenols is 1. The van der Waals surface area contributed by atoms with Crippen LogP contribution >= 0.6 is 0 Å². The van der Waals surface area contributed by atoms with E-state index in [9.17, 15) is 13.2 Å². The molecule has 0 unspecified atom stereocenters. The minimum absolute atomic E-state index is 0.00590. The number of aromatic hydroxyl groups is 1. The van der Waals surface area contributed by atoms with Crippen molar-refractivity contribution in [1.29, 1.82) is 0 Å². The van der Waals surface area contributed by atoms with E-state index < -0.39 is 17.5 Å². The number of hydrogen-bond acceptors (Lipinski definition) is 3. The first-order valence-corrected chi connectivity index (χ1v) is 4.18. The van der Waals surface area contributed by atoms with E-state index in [2.05, 4.69) is 0 Å². The summed E-state index contributed by atoms with van der Waals surface area (Å²) >= 11 is 0. The topological polar surface area (TPSA) is 38.7 Å². The molecule has 3 nitrogen and oxygen atoms in total. The molecule has 0 aromatic heterocycles. The summed E-state index contributed by atoms with van der Waals surface area (Å²) in [6.07, 6.45) is -4.60. The Balaban J connectivity index is 2.50. The van der Waals surface area contributed by atoms with Crippen LogP contribution in [0.1, 0.15) is 5.56 Å². The number of alkyl halides is 3. The second kappa shape index (κ2) is 3.22. The van der Waals surface area contributed by atoms with E-state index in [1.54, 1.807) is 0 Å². The summed E-state index contributed by atoms with van der Waals surface area (Å²) in [4.78, 5) is 0.